The Morgan fingerprint density at radius 1 is 1.10 bits per heavy atom. The molecule has 1 heterocycles. The lowest BCUT2D eigenvalue weighted by Crippen LogP contribution is -2.20. The number of rotatable bonds is 9. The molecule has 0 N–H and O–H groups in total. The summed E-state index contributed by atoms with van der Waals surface area (Å²) < 4.78 is 12.6. The van der Waals surface area contributed by atoms with Gasteiger partial charge < -0.3 is 9.47 Å². The molecule has 3 aromatic rings. The summed E-state index contributed by atoms with van der Waals surface area (Å²) in [5, 5.41) is 9.18. The second-order valence-corrected chi connectivity index (χ2v) is 7.53. The van der Waals surface area contributed by atoms with E-state index in [1.165, 1.54) is 11.8 Å². The minimum Gasteiger partial charge on any atom is -0.497 e. The van der Waals surface area contributed by atoms with Crippen molar-refractivity contribution in [2.45, 2.75) is 37.1 Å². The summed E-state index contributed by atoms with van der Waals surface area (Å²) in [6.07, 6.45) is 1.58. The Labute approximate surface area is 175 Å². The lowest BCUT2D eigenvalue weighted by molar-refractivity contribution is -0.142. The van der Waals surface area contributed by atoms with Crippen LogP contribution in [0.1, 0.15) is 26.7 Å². The average Bonchev–Trinajstić information content (AvgIpc) is 3.18. The van der Waals surface area contributed by atoms with Crippen molar-refractivity contribution in [3.8, 4) is 22.8 Å². The number of carbonyl (C=O) groups excluding carboxylic acids is 1. The highest BCUT2D eigenvalue weighted by atomic mass is 32.2. The van der Waals surface area contributed by atoms with E-state index in [1.807, 2.05) is 66.1 Å². The largest absolute Gasteiger partial charge is 0.497 e. The number of nitrogens with zero attached hydrogens (tertiary/aromatic N) is 3. The smallest absolute Gasteiger partial charge is 0.319 e. The van der Waals surface area contributed by atoms with E-state index < -0.39 is 0 Å². The first-order valence-corrected chi connectivity index (χ1v) is 10.5. The van der Waals surface area contributed by atoms with E-state index in [9.17, 15) is 4.79 Å². The zero-order valence-corrected chi connectivity index (χ0v) is 17.7. The maximum absolute atomic E-state index is 12.4. The van der Waals surface area contributed by atoms with Crippen LogP contribution in [0, 0.1) is 0 Å². The predicted octanol–water partition coefficient (Wildman–Crippen LogP) is 4.77. The monoisotopic (exact) mass is 411 g/mol. The van der Waals surface area contributed by atoms with Crippen LogP contribution in [0.5, 0.6) is 5.75 Å². The van der Waals surface area contributed by atoms with Gasteiger partial charge in [-0.3, -0.25) is 9.36 Å². The lowest BCUT2D eigenvalue weighted by atomic mass is 10.2. The maximum atomic E-state index is 12.4. The summed E-state index contributed by atoms with van der Waals surface area (Å²) in [6.45, 7) is 4.23. The molecule has 0 fully saturated rings. The van der Waals surface area contributed by atoms with E-state index >= 15 is 0 Å². The zero-order chi connectivity index (χ0) is 20.6. The number of esters is 1. The number of aromatic nitrogens is 3. The molecule has 7 heteroatoms. The standard InChI is InChI=1S/C22H25N3O3S/c1-4-10-19(21(26)28-5-2)29-22-24-23-20(16-11-9-14-18(15-16)27-3)25(22)17-12-7-6-8-13-17/h6-9,11-15,19H,4-5,10H2,1-3H3/t19-/m0/s1. The van der Waals surface area contributed by atoms with Gasteiger partial charge in [-0.15, -0.1) is 10.2 Å². The van der Waals surface area contributed by atoms with E-state index in [4.69, 9.17) is 9.47 Å². The summed E-state index contributed by atoms with van der Waals surface area (Å²) in [7, 11) is 1.64. The van der Waals surface area contributed by atoms with Crippen molar-refractivity contribution in [3.05, 3.63) is 54.6 Å². The molecule has 0 radical (unpaired) electrons. The van der Waals surface area contributed by atoms with Gasteiger partial charge in [-0.2, -0.15) is 0 Å². The molecule has 3 rings (SSSR count). The SMILES string of the molecule is CCC[C@H](Sc1nnc(-c2cccc(OC)c2)n1-c1ccccc1)C(=O)OCC. The van der Waals surface area contributed by atoms with Crippen LogP contribution in [0.25, 0.3) is 17.1 Å². The van der Waals surface area contributed by atoms with E-state index in [-0.39, 0.29) is 11.2 Å². The van der Waals surface area contributed by atoms with Crippen molar-refractivity contribution in [1.29, 1.82) is 0 Å². The van der Waals surface area contributed by atoms with E-state index in [0.717, 1.165) is 23.4 Å². The number of para-hydroxylation sites is 1. The van der Waals surface area contributed by atoms with Crippen LogP contribution in [-0.4, -0.2) is 39.7 Å². The molecule has 1 aromatic heterocycles. The van der Waals surface area contributed by atoms with Gasteiger partial charge in [0.15, 0.2) is 11.0 Å². The van der Waals surface area contributed by atoms with E-state index in [0.29, 0.717) is 24.0 Å². The minimum atomic E-state index is -0.329. The number of carbonyl (C=O) groups is 1. The van der Waals surface area contributed by atoms with Crippen LogP contribution in [-0.2, 0) is 9.53 Å². The van der Waals surface area contributed by atoms with Crippen LogP contribution < -0.4 is 4.74 Å². The zero-order valence-electron chi connectivity index (χ0n) is 16.9. The van der Waals surface area contributed by atoms with Gasteiger partial charge in [-0.25, -0.2) is 0 Å². The first-order chi connectivity index (χ1) is 14.2. The number of thioether (sulfide) groups is 1. The van der Waals surface area contributed by atoms with Crippen LogP contribution in [0.15, 0.2) is 59.8 Å². The summed E-state index contributed by atoms with van der Waals surface area (Å²) in [4.78, 5) is 12.4. The number of ether oxygens (including phenoxy) is 2. The molecule has 0 saturated carbocycles. The van der Waals surface area contributed by atoms with Gasteiger partial charge in [0.05, 0.1) is 13.7 Å². The molecule has 0 bridgehead atoms. The fraction of sp³-hybridized carbons (Fsp3) is 0.318. The number of hydrogen-bond acceptors (Lipinski definition) is 6. The summed E-state index contributed by atoms with van der Waals surface area (Å²) in [5.74, 6) is 1.22. The van der Waals surface area contributed by atoms with Gasteiger partial charge in [-0.05, 0) is 37.6 Å². The molecule has 29 heavy (non-hydrogen) atoms. The van der Waals surface area contributed by atoms with Crippen molar-refractivity contribution in [2.75, 3.05) is 13.7 Å². The first-order valence-electron chi connectivity index (χ1n) is 9.66. The van der Waals surface area contributed by atoms with Crippen LogP contribution in [0.3, 0.4) is 0 Å². The van der Waals surface area contributed by atoms with Crippen molar-refractivity contribution in [1.82, 2.24) is 14.8 Å². The molecule has 152 valence electrons. The summed E-state index contributed by atoms with van der Waals surface area (Å²) >= 11 is 1.39. The van der Waals surface area contributed by atoms with Gasteiger partial charge in [0.25, 0.3) is 0 Å². The Bertz CT molecular complexity index is 943. The highest BCUT2D eigenvalue weighted by molar-refractivity contribution is 8.00. The van der Waals surface area contributed by atoms with E-state index in [1.54, 1.807) is 7.11 Å². The minimum absolute atomic E-state index is 0.218. The van der Waals surface area contributed by atoms with Crippen LogP contribution >= 0.6 is 11.8 Å². The molecule has 0 aliphatic rings. The normalized spacial score (nSPS) is 11.8. The highest BCUT2D eigenvalue weighted by Crippen LogP contribution is 2.33. The maximum Gasteiger partial charge on any atom is 0.319 e. The van der Waals surface area contributed by atoms with Crippen LogP contribution in [0.4, 0.5) is 0 Å². The Balaban J connectivity index is 2.05. The third kappa shape index (κ3) is 4.98. The second kappa shape index (κ2) is 10.1. The second-order valence-electron chi connectivity index (χ2n) is 6.36. The molecule has 2 aromatic carbocycles. The molecular weight excluding hydrogens is 386 g/mol. The average molecular weight is 412 g/mol. The Kier molecular flexibility index (Phi) is 7.30. The molecule has 6 nitrogen and oxygen atoms in total. The van der Waals surface area contributed by atoms with Gasteiger partial charge >= 0.3 is 5.97 Å². The van der Waals surface area contributed by atoms with Crippen molar-refractivity contribution >= 4 is 17.7 Å². The van der Waals surface area contributed by atoms with Crippen molar-refractivity contribution < 1.29 is 14.3 Å². The first kappa shape index (κ1) is 20.9. The Morgan fingerprint density at radius 3 is 2.59 bits per heavy atom. The van der Waals surface area contributed by atoms with Crippen molar-refractivity contribution in [2.24, 2.45) is 0 Å². The molecular formula is C22H25N3O3S. The number of methoxy groups -OCH3 is 1. The summed E-state index contributed by atoms with van der Waals surface area (Å²) in [6, 6.07) is 17.6. The molecule has 0 aliphatic carbocycles. The van der Waals surface area contributed by atoms with Crippen molar-refractivity contribution in [3.63, 3.8) is 0 Å². The van der Waals surface area contributed by atoms with Gasteiger partial charge in [0, 0.05) is 11.3 Å². The molecule has 0 aliphatic heterocycles. The number of hydrogen-bond donors (Lipinski definition) is 0. The Morgan fingerprint density at radius 2 is 1.90 bits per heavy atom. The number of benzene rings is 2. The Hall–Kier alpha value is -2.80. The third-order valence-corrected chi connectivity index (χ3v) is 5.51. The summed E-state index contributed by atoms with van der Waals surface area (Å²) in [5.41, 5.74) is 1.81. The van der Waals surface area contributed by atoms with Gasteiger partial charge in [0.2, 0.25) is 0 Å². The molecule has 0 unspecified atom stereocenters. The van der Waals surface area contributed by atoms with Gasteiger partial charge in [0.1, 0.15) is 11.0 Å². The van der Waals surface area contributed by atoms with Gasteiger partial charge in [-0.1, -0.05) is 55.4 Å². The quantitative estimate of drug-likeness (QED) is 0.373. The molecule has 0 amide bonds. The highest BCUT2D eigenvalue weighted by Gasteiger charge is 2.25. The topological polar surface area (TPSA) is 66.2 Å². The third-order valence-electron chi connectivity index (χ3n) is 4.32. The molecule has 0 saturated heterocycles. The predicted molar refractivity (Wildman–Crippen MR) is 115 cm³/mol. The van der Waals surface area contributed by atoms with Crippen LogP contribution in [0.2, 0.25) is 0 Å². The fourth-order valence-electron chi connectivity index (χ4n) is 2.95. The molecule has 0 spiro atoms. The fourth-order valence-corrected chi connectivity index (χ4v) is 4.11. The van der Waals surface area contributed by atoms with E-state index in [2.05, 4.69) is 17.1 Å². The lowest BCUT2D eigenvalue weighted by Gasteiger charge is -2.15. The molecule has 1 atom stereocenters.